The Balaban J connectivity index is 1.57. The van der Waals surface area contributed by atoms with E-state index in [0.29, 0.717) is 38.5 Å². The monoisotopic (exact) mass is 344 g/mol. The molecule has 0 N–H and O–H groups in total. The number of rotatable bonds is 5. The molecule has 2 fully saturated rings. The quantitative estimate of drug-likeness (QED) is 0.824. The smallest absolute Gasteiger partial charge is 0.227 e. The zero-order chi connectivity index (χ0) is 18.0. The molecular weight excluding hydrogens is 316 g/mol. The molecular formula is C20H28N2O3. The predicted molar refractivity (Wildman–Crippen MR) is 96.7 cm³/mol. The molecule has 0 atom stereocenters. The lowest BCUT2D eigenvalue weighted by Crippen LogP contribution is -2.51. The second-order valence-electron chi connectivity index (χ2n) is 7.39. The van der Waals surface area contributed by atoms with Gasteiger partial charge in [0, 0.05) is 32.1 Å². The number of amides is 2. The van der Waals surface area contributed by atoms with Crippen molar-refractivity contribution in [2.45, 2.75) is 39.0 Å². The van der Waals surface area contributed by atoms with E-state index in [9.17, 15) is 9.59 Å². The van der Waals surface area contributed by atoms with Gasteiger partial charge in [-0.3, -0.25) is 9.59 Å². The Morgan fingerprint density at radius 2 is 1.76 bits per heavy atom. The fraction of sp³-hybridized carbons (Fsp3) is 0.600. The second kappa shape index (κ2) is 7.46. The molecule has 0 unspecified atom stereocenters. The number of nitrogens with zero attached hydrogens (tertiary/aromatic N) is 2. The van der Waals surface area contributed by atoms with Crippen LogP contribution in [0.25, 0.3) is 0 Å². The van der Waals surface area contributed by atoms with E-state index >= 15 is 0 Å². The van der Waals surface area contributed by atoms with Crippen molar-refractivity contribution >= 4 is 11.8 Å². The first-order valence-electron chi connectivity index (χ1n) is 9.23. The summed E-state index contributed by atoms with van der Waals surface area (Å²) in [5, 5.41) is 0. The van der Waals surface area contributed by atoms with Crippen LogP contribution in [0.1, 0.15) is 43.7 Å². The molecule has 5 heteroatoms. The molecule has 0 aromatic heterocycles. The molecule has 1 saturated carbocycles. The van der Waals surface area contributed by atoms with Gasteiger partial charge in [0.05, 0.1) is 13.5 Å². The fourth-order valence-corrected chi connectivity index (χ4v) is 3.40. The van der Waals surface area contributed by atoms with Gasteiger partial charge in [-0.2, -0.15) is 0 Å². The predicted octanol–water partition coefficient (Wildman–Crippen LogP) is 2.44. The molecule has 1 aromatic rings. The van der Waals surface area contributed by atoms with Crippen LogP contribution in [0.2, 0.25) is 0 Å². The van der Waals surface area contributed by atoms with Crippen molar-refractivity contribution in [3.63, 3.8) is 0 Å². The number of methoxy groups -OCH3 is 1. The highest BCUT2D eigenvalue weighted by atomic mass is 16.5. The number of hydrogen-bond acceptors (Lipinski definition) is 3. The Morgan fingerprint density at radius 3 is 2.32 bits per heavy atom. The number of ether oxygens (including phenoxy) is 1. The third-order valence-electron chi connectivity index (χ3n) is 5.14. The lowest BCUT2D eigenvalue weighted by molar-refractivity contribution is -0.140. The molecule has 0 bridgehead atoms. The van der Waals surface area contributed by atoms with Gasteiger partial charge in [-0.15, -0.1) is 0 Å². The van der Waals surface area contributed by atoms with Crippen molar-refractivity contribution in [3.8, 4) is 5.75 Å². The molecule has 2 amide bonds. The van der Waals surface area contributed by atoms with Crippen LogP contribution in [-0.4, -0.2) is 54.9 Å². The van der Waals surface area contributed by atoms with Gasteiger partial charge in [0.1, 0.15) is 5.75 Å². The molecule has 1 aliphatic heterocycles. The second-order valence-corrected chi connectivity index (χ2v) is 7.39. The number of carbonyl (C=O) groups excluding carboxylic acids is 2. The summed E-state index contributed by atoms with van der Waals surface area (Å²) in [5.74, 6) is 1.90. The number of piperazine rings is 1. The van der Waals surface area contributed by atoms with E-state index in [4.69, 9.17) is 4.74 Å². The van der Waals surface area contributed by atoms with Crippen molar-refractivity contribution in [1.82, 2.24) is 9.80 Å². The average molecular weight is 344 g/mol. The third-order valence-corrected chi connectivity index (χ3v) is 5.14. The maximum absolute atomic E-state index is 12.6. The molecule has 5 nitrogen and oxygen atoms in total. The molecule has 3 rings (SSSR count). The molecule has 136 valence electrons. The van der Waals surface area contributed by atoms with Crippen molar-refractivity contribution in [2.24, 2.45) is 5.92 Å². The van der Waals surface area contributed by atoms with E-state index in [0.717, 1.165) is 29.7 Å². The van der Waals surface area contributed by atoms with Crippen LogP contribution in [0, 0.1) is 5.92 Å². The van der Waals surface area contributed by atoms with Crippen LogP contribution in [0.5, 0.6) is 5.75 Å². The minimum absolute atomic E-state index is 0.137. The van der Waals surface area contributed by atoms with Gasteiger partial charge in [-0.25, -0.2) is 0 Å². The van der Waals surface area contributed by atoms with E-state index in [-0.39, 0.29) is 17.7 Å². The highest BCUT2D eigenvalue weighted by molar-refractivity contribution is 5.82. The maximum Gasteiger partial charge on any atom is 0.227 e. The van der Waals surface area contributed by atoms with Gasteiger partial charge in [-0.1, -0.05) is 26.0 Å². The molecule has 1 aromatic carbocycles. The SMILES string of the molecule is COc1ccc(CC(=O)N2CCN(C(=O)C3CC3)CC2)cc1C(C)C. The maximum atomic E-state index is 12.6. The average Bonchev–Trinajstić information content (AvgIpc) is 3.46. The van der Waals surface area contributed by atoms with Crippen LogP contribution >= 0.6 is 0 Å². The van der Waals surface area contributed by atoms with Gasteiger partial charge >= 0.3 is 0 Å². The standard InChI is InChI=1S/C20H28N2O3/c1-14(2)17-12-15(4-7-18(17)25-3)13-19(23)21-8-10-22(11-9-21)20(24)16-5-6-16/h4,7,12,14,16H,5-6,8-11,13H2,1-3H3. The van der Waals surface area contributed by atoms with Crippen molar-refractivity contribution in [2.75, 3.05) is 33.3 Å². The van der Waals surface area contributed by atoms with E-state index in [1.54, 1.807) is 7.11 Å². The molecule has 1 saturated heterocycles. The van der Waals surface area contributed by atoms with Gasteiger partial charge in [-0.05, 0) is 36.0 Å². The van der Waals surface area contributed by atoms with E-state index in [1.807, 2.05) is 21.9 Å². The molecule has 0 spiro atoms. The minimum atomic E-state index is 0.137. The lowest BCUT2D eigenvalue weighted by atomic mass is 9.98. The first kappa shape index (κ1) is 17.8. The van der Waals surface area contributed by atoms with Crippen molar-refractivity contribution < 1.29 is 14.3 Å². The number of carbonyl (C=O) groups is 2. The van der Waals surface area contributed by atoms with E-state index in [1.165, 1.54) is 0 Å². The summed E-state index contributed by atoms with van der Waals surface area (Å²) in [4.78, 5) is 28.5. The van der Waals surface area contributed by atoms with Gasteiger partial charge in [0.15, 0.2) is 0 Å². The molecule has 0 radical (unpaired) electrons. The van der Waals surface area contributed by atoms with Crippen LogP contribution < -0.4 is 4.74 Å². The van der Waals surface area contributed by atoms with Crippen LogP contribution in [0.4, 0.5) is 0 Å². The zero-order valence-corrected chi connectivity index (χ0v) is 15.5. The topological polar surface area (TPSA) is 49.9 Å². The Labute approximate surface area is 149 Å². The van der Waals surface area contributed by atoms with Gasteiger partial charge in [0.25, 0.3) is 0 Å². The first-order valence-corrected chi connectivity index (χ1v) is 9.23. The fourth-order valence-electron chi connectivity index (χ4n) is 3.40. The Kier molecular flexibility index (Phi) is 5.30. The van der Waals surface area contributed by atoms with E-state index in [2.05, 4.69) is 19.9 Å². The summed E-state index contributed by atoms with van der Waals surface area (Å²) < 4.78 is 5.41. The molecule has 25 heavy (non-hydrogen) atoms. The van der Waals surface area contributed by atoms with Gasteiger partial charge < -0.3 is 14.5 Å². The highest BCUT2D eigenvalue weighted by Gasteiger charge is 2.35. The summed E-state index contributed by atoms with van der Waals surface area (Å²) in [7, 11) is 1.68. The molecule has 1 aliphatic carbocycles. The number of hydrogen-bond donors (Lipinski definition) is 0. The summed E-state index contributed by atoms with van der Waals surface area (Å²) in [6, 6.07) is 5.99. The van der Waals surface area contributed by atoms with E-state index < -0.39 is 0 Å². The highest BCUT2D eigenvalue weighted by Crippen LogP contribution is 2.31. The van der Waals surface area contributed by atoms with Crippen LogP contribution in [-0.2, 0) is 16.0 Å². The molecule has 2 aliphatic rings. The Bertz CT molecular complexity index is 644. The first-order chi connectivity index (χ1) is 12.0. The normalized spacial score (nSPS) is 17.8. The van der Waals surface area contributed by atoms with Gasteiger partial charge in [0.2, 0.25) is 11.8 Å². The Morgan fingerprint density at radius 1 is 1.12 bits per heavy atom. The minimum Gasteiger partial charge on any atom is -0.496 e. The van der Waals surface area contributed by atoms with Crippen LogP contribution in [0.15, 0.2) is 18.2 Å². The largest absolute Gasteiger partial charge is 0.496 e. The summed E-state index contributed by atoms with van der Waals surface area (Å²) in [6.45, 7) is 6.87. The summed E-state index contributed by atoms with van der Waals surface area (Å²) >= 11 is 0. The number of benzene rings is 1. The van der Waals surface area contributed by atoms with Crippen molar-refractivity contribution in [1.29, 1.82) is 0 Å². The van der Waals surface area contributed by atoms with Crippen molar-refractivity contribution in [3.05, 3.63) is 29.3 Å². The Hall–Kier alpha value is -2.04. The summed E-state index contributed by atoms with van der Waals surface area (Å²) in [6.07, 6.45) is 2.47. The summed E-state index contributed by atoms with van der Waals surface area (Å²) in [5.41, 5.74) is 2.15. The lowest BCUT2D eigenvalue weighted by Gasteiger charge is -2.35. The van der Waals surface area contributed by atoms with Crippen LogP contribution in [0.3, 0.4) is 0 Å². The molecule has 1 heterocycles. The third kappa shape index (κ3) is 4.14. The zero-order valence-electron chi connectivity index (χ0n) is 15.5.